The van der Waals surface area contributed by atoms with Crippen molar-refractivity contribution >= 4 is 11.9 Å². The highest BCUT2D eigenvalue weighted by atomic mass is 16.5. The Balaban J connectivity index is 1.54. The van der Waals surface area contributed by atoms with Crippen molar-refractivity contribution in [2.75, 3.05) is 6.61 Å². The van der Waals surface area contributed by atoms with Crippen LogP contribution in [0.1, 0.15) is 65.7 Å². The normalized spacial score (nSPS) is 52.4. The maximum Gasteiger partial charge on any atom is 0.331 e. The highest BCUT2D eigenvalue weighted by molar-refractivity contribution is 5.85. The predicted molar refractivity (Wildman–Crippen MR) is 114 cm³/mol. The highest BCUT2D eigenvalue weighted by Crippen LogP contribution is 2.70. The summed E-state index contributed by atoms with van der Waals surface area (Å²) in [6.45, 7) is 5.79. The topological polar surface area (TPSA) is 113 Å². The third-order valence-corrected chi connectivity index (χ3v) is 10.3. The summed E-state index contributed by atoms with van der Waals surface area (Å²) in [7, 11) is 0. The molecular formula is C25H36O7. The standard InChI is InChI=1S/C25H36O7/c1-13(26)32-19-11-25(30)18-5-4-15-9-16(27)10-20(28)24(15,3)17(18)6-7-23(25,2)22(19)14-8-21(29)31-12-14/h8,15-20,22,27-28,30H,4-7,9-12H2,1-3H3. The summed E-state index contributed by atoms with van der Waals surface area (Å²) in [6, 6.07) is 0. The Morgan fingerprint density at radius 3 is 2.56 bits per heavy atom. The number of aliphatic hydroxyl groups excluding tert-OH is 2. The molecule has 7 nitrogen and oxygen atoms in total. The first-order chi connectivity index (χ1) is 15.0. The average Bonchev–Trinajstić information content (AvgIpc) is 3.20. The van der Waals surface area contributed by atoms with Crippen LogP contribution >= 0.6 is 0 Å². The first-order valence-corrected chi connectivity index (χ1v) is 12.1. The van der Waals surface area contributed by atoms with Crippen molar-refractivity contribution in [2.45, 2.75) is 89.6 Å². The molecular weight excluding hydrogens is 412 g/mol. The first-order valence-electron chi connectivity index (χ1n) is 12.1. The number of carbonyl (C=O) groups is 2. The summed E-state index contributed by atoms with van der Waals surface area (Å²) in [5, 5.41) is 33.8. The molecule has 178 valence electrons. The average molecular weight is 449 g/mol. The van der Waals surface area contributed by atoms with Crippen LogP contribution in [0, 0.1) is 34.5 Å². The Labute approximate surface area is 189 Å². The zero-order chi connectivity index (χ0) is 23.1. The molecule has 0 amide bonds. The van der Waals surface area contributed by atoms with Gasteiger partial charge in [-0.3, -0.25) is 4.79 Å². The van der Waals surface area contributed by atoms with E-state index >= 15 is 0 Å². The van der Waals surface area contributed by atoms with Gasteiger partial charge >= 0.3 is 11.9 Å². The molecule has 4 fully saturated rings. The van der Waals surface area contributed by atoms with Gasteiger partial charge in [-0.05, 0) is 67.3 Å². The minimum Gasteiger partial charge on any atom is -0.462 e. The molecule has 0 radical (unpaired) electrons. The van der Waals surface area contributed by atoms with E-state index in [0.717, 1.165) is 31.3 Å². The molecule has 10 atom stereocenters. The van der Waals surface area contributed by atoms with Gasteiger partial charge in [0.05, 0.1) is 17.8 Å². The Hall–Kier alpha value is -1.44. The largest absolute Gasteiger partial charge is 0.462 e. The van der Waals surface area contributed by atoms with E-state index in [9.17, 15) is 24.9 Å². The van der Waals surface area contributed by atoms with Crippen LogP contribution in [0.3, 0.4) is 0 Å². The van der Waals surface area contributed by atoms with Crippen molar-refractivity contribution in [1.29, 1.82) is 0 Å². The van der Waals surface area contributed by atoms with Gasteiger partial charge in [0.25, 0.3) is 0 Å². The molecule has 7 heteroatoms. The Bertz CT molecular complexity index is 853. The lowest BCUT2D eigenvalue weighted by Crippen LogP contribution is -2.65. The van der Waals surface area contributed by atoms with Crippen LogP contribution in [0.5, 0.6) is 0 Å². The van der Waals surface area contributed by atoms with Crippen molar-refractivity contribution in [3.05, 3.63) is 11.6 Å². The maximum absolute atomic E-state index is 12.4. The van der Waals surface area contributed by atoms with Gasteiger partial charge in [-0.25, -0.2) is 4.79 Å². The van der Waals surface area contributed by atoms with Crippen LogP contribution in [0.2, 0.25) is 0 Å². The summed E-state index contributed by atoms with van der Waals surface area (Å²) >= 11 is 0. The number of cyclic esters (lactones) is 1. The van der Waals surface area contributed by atoms with Crippen molar-refractivity contribution in [1.82, 2.24) is 0 Å². The fraction of sp³-hybridized carbons (Fsp3) is 0.840. The van der Waals surface area contributed by atoms with Crippen LogP contribution in [0.15, 0.2) is 11.6 Å². The Morgan fingerprint density at radius 2 is 1.91 bits per heavy atom. The molecule has 0 aromatic carbocycles. The molecule has 10 unspecified atom stereocenters. The smallest absolute Gasteiger partial charge is 0.331 e. The summed E-state index contributed by atoms with van der Waals surface area (Å²) in [5.74, 6) is -0.706. The second kappa shape index (κ2) is 7.28. The van der Waals surface area contributed by atoms with E-state index in [1.807, 2.05) is 0 Å². The van der Waals surface area contributed by atoms with E-state index < -0.39 is 29.3 Å². The third-order valence-electron chi connectivity index (χ3n) is 10.3. The number of aliphatic hydroxyl groups is 3. The van der Waals surface area contributed by atoms with Crippen molar-refractivity contribution < 1.29 is 34.4 Å². The van der Waals surface area contributed by atoms with E-state index in [4.69, 9.17) is 9.47 Å². The lowest BCUT2D eigenvalue weighted by Gasteiger charge is -2.64. The first kappa shape index (κ1) is 22.4. The quantitative estimate of drug-likeness (QED) is 0.555. The SMILES string of the molecule is CC(=O)OC1CC2(O)C3CCC4CC(O)CC(O)C4(C)C3CCC2(C)C1C1=CC(=O)OC1. The number of hydrogen-bond donors (Lipinski definition) is 3. The minimum atomic E-state index is -1.07. The summed E-state index contributed by atoms with van der Waals surface area (Å²) in [5.41, 5.74) is -1.17. The molecule has 0 aromatic rings. The molecule has 5 aliphatic rings. The zero-order valence-electron chi connectivity index (χ0n) is 19.3. The van der Waals surface area contributed by atoms with Crippen LogP contribution in [0.4, 0.5) is 0 Å². The van der Waals surface area contributed by atoms with Gasteiger partial charge < -0.3 is 24.8 Å². The monoisotopic (exact) mass is 448 g/mol. The van der Waals surface area contributed by atoms with Crippen LogP contribution in [0.25, 0.3) is 0 Å². The number of ether oxygens (including phenoxy) is 2. The van der Waals surface area contributed by atoms with E-state index in [2.05, 4.69) is 13.8 Å². The Kier molecular flexibility index (Phi) is 5.08. The van der Waals surface area contributed by atoms with Gasteiger partial charge in [0.1, 0.15) is 12.7 Å². The second-order valence-electron chi connectivity index (χ2n) is 11.5. The summed E-state index contributed by atoms with van der Waals surface area (Å²) in [4.78, 5) is 23.8. The maximum atomic E-state index is 12.4. The molecule has 0 spiro atoms. The van der Waals surface area contributed by atoms with Crippen LogP contribution in [-0.2, 0) is 19.1 Å². The van der Waals surface area contributed by atoms with Crippen molar-refractivity contribution in [3.8, 4) is 0 Å². The molecule has 0 bridgehead atoms. The molecule has 1 heterocycles. The van der Waals surface area contributed by atoms with E-state index in [1.165, 1.54) is 13.0 Å². The lowest BCUT2D eigenvalue weighted by molar-refractivity contribution is -0.231. The fourth-order valence-corrected chi connectivity index (χ4v) is 8.82. The van der Waals surface area contributed by atoms with Gasteiger partial charge in [0.15, 0.2) is 0 Å². The molecule has 3 N–H and O–H groups in total. The second-order valence-corrected chi connectivity index (χ2v) is 11.5. The van der Waals surface area contributed by atoms with Crippen LogP contribution < -0.4 is 0 Å². The van der Waals surface area contributed by atoms with Gasteiger partial charge in [-0.2, -0.15) is 0 Å². The molecule has 1 aliphatic heterocycles. The summed E-state index contributed by atoms with van der Waals surface area (Å²) < 4.78 is 10.9. The zero-order valence-corrected chi connectivity index (χ0v) is 19.3. The lowest BCUT2D eigenvalue weighted by atomic mass is 9.42. The Morgan fingerprint density at radius 1 is 1.16 bits per heavy atom. The molecule has 32 heavy (non-hydrogen) atoms. The number of hydrogen-bond acceptors (Lipinski definition) is 7. The minimum absolute atomic E-state index is 0.0333. The van der Waals surface area contributed by atoms with Gasteiger partial charge in [0.2, 0.25) is 0 Å². The van der Waals surface area contributed by atoms with Crippen LogP contribution in [-0.4, -0.2) is 57.8 Å². The third kappa shape index (κ3) is 2.90. The van der Waals surface area contributed by atoms with E-state index in [0.29, 0.717) is 19.3 Å². The summed E-state index contributed by atoms with van der Waals surface area (Å²) in [6.07, 6.45) is 4.62. The predicted octanol–water partition coefficient (Wildman–Crippen LogP) is 2.12. The van der Waals surface area contributed by atoms with Gasteiger partial charge in [-0.15, -0.1) is 0 Å². The molecule has 4 saturated carbocycles. The molecule has 0 saturated heterocycles. The van der Waals surface area contributed by atoms with Gasteiger partial charge in [0, 0.05) is 30.8 Å². The molecule has 0 aromatic heterocycles. The number of carbonyl (C=O) groups excluding carboxylic acids is 2. The van der Waals surface area contributed by atoms with Crippen molar-refractivity contribution in [3.63, 3.8) is 0 Å². The number of esters is 2. The molecule has 5 rings (SSSR count). The fourth-order valence-electron chi connectivity index (χ4n) is 8.82. The van der Waals surface area contributed by atoms with Gasteiger partial charge in [-0.1, -0.05) is 13.8 Å². The van der Waals surface area contributed by atoms with Crippen molar-refractivity contribution in [2.24, 2.45) is 34.5 Å². The highest BCUT2D eigenvalue weighted by Gasteiger charge is 2.71. The van der Waals surface area contributed by atoms with E-state index in [-0.39, 0.29) is 47.6 Å². The number of rotatable bonds is 2. The van der Waals surface area contributed by atoms with E-state index in [1.54, 1.807) is 0 Å². The molecule has 4 aliphatic carbocycles. The number of fused-ring (bicyclic) bond motifs is 5.